The van der Waals surface area contributed by atoms with Gasteiger partial charge in [0.15, 0.2) is 0 Å². The number of carbonyl (C=O) groups excluding carboxylic acids is 1. The number of anilines is 1. The molecule has 0 radical (unpaired) electrons. The number of rotatable bonds is 8. The van der Waals surface area contributed by atoms with Crippen LogP contribution < -0.4 is 10.6 Å². The molecular formula is C20H25ClN4O2. The van der Waals surface area contributed by atoms with Crippen molar-refractivity contribution in [2.24, 2.45) is 0 Å². The molecule has 0 spiro atoms. The minimum absolute atomic E-state index is 0.151. The summed E-state index contributed by atoms with van der Waals surface area (Å²) in [6, 6.07) is 11.5. The number of ether oxygens (including phenoxy) is 1. The Morgan fingerprint density at radius 2 is 2.04 bits per heavy atom. The first-order valence-electron chi connectivity index (χ1n) is 9.23. The monoisotopic (exact) mass is 388 g/mol. The molecule has 144 valence electrons. The van der Waals surface area contributed by atoms with Gasteiger partial charge in [-0.1, -0.05) is 23.7 Å². The molecule has 0 atom stereocenters. The highest BCUT2D eigenvalue weighted by Crippen LogP contribution is 2.12. The lowest BCUT2D eigenvalue weighted by Gasteiger charge is -2.26. The van der Waals surface area contributed by atoms with E-state index < -0.39 is 0 Å². The first kappa shape index (κ1) is 19.6. The van der Waals surface area contributed by atoms with Gasteiger partial charge in [-0.05, 0) is 36.2 Å². The van der Waals surface area contributed by atoms with Crippen molar-refractivity contribution in [1.82, 2.24) is 15.2 Å². The van der Waals surface area contributed by atoms with E-state index in [1.54, 1.807) is 12.3 Å². The number of amides is 1. The van der Waals surface area contributed by atoms with Crippen molar-refractivity contribution in [3.8, 4) is 0 Å². The second-order valence-corrected chi connectivity index (χ2v) is 6.88. The molecule has 6 nitrogen and oxygen atoms in total. The van der Waals surface area contributed by atoms with E-state index in [0.717, 1.165) is 56.5 Å². The molecule has 1 aliphatic heterocycles. The van der Waals surface area contributed by atoms with Crippen LogP contribution in [0.3, 0.4) is 0 Å². The Kier molecular flexibility index (Phi) is 7.45. The highest BCUT2D eigenvalue weighted by molar-refractivity contribution is 6.30. The van der Waals surface area contributed by atoms with Crippen LogP contribution in [0.5, 0.6) is 0 Å². The lowest BCUT2D eigenvalue weighted by molar-refractivity contribution is 0.0383. The standard InChI is InChI=1S/C20H25ClN4O2/c21-17-3-1-2-16(14-17)4-6-22-18-5-7-23-19(15-18)20(26)24-8-9-25-10-12-27-13-11-25/h1-3,5,7,14-15H,4,6,8-13H2,(H,22,23)(H,24,26). The number of morpholine rings is 1. The highest BCUT2D eigenvalue weighted by Gasteiger charge is 2.11. The number of carbonyl (C=O) groups is 1. The molecule has 0 unspecified atom stereocenters. The minimum Gasteiger partial charge on any atom is -0.385 e. The molecule has 2 heterocycles. The number of pyridine rings is 1. The number of nitrogens with zero attached hydrogens (tertiary/aromatic N) is 2. The minimum atomic E-state index is -0.151. The molecule has 7 heteroatoms. The third-order valence-electron chi connectivity index (χ3n) is 4.44. The molecule has 2 N–H and O–H groups in total. The molecular weight excluding hydrogens is 364 g/mol. The lowest BCUT2D eigenvalue weighted by Crippen LogP contribution is -2.41. The summed E-state index contributed by atoms with van der Waals surface area (Å²) in [5.41, 5.74) is 2.47. The van der Waals surface area contributed by atoms with Crippen LogP contribution in [0.4, 0.5) is 5.69 Å². The summed E-state index contributed by atoms with van der Waals surface area (Å²) in [5, 5.41) is 7.01. The molecule has 1 fully saturated rings. The zero-order chi connectivity index (χ0) is 18.9. The predicted octanol–water partition coefficient (Wildman–Crippen LogP) is 2.45. The largest absolute Gasteiger partial charge is 0.385 e. The van der Waals surface area contributed by atoms with Gasteiger partial charge in [0.25, 0.3) is 5.91 Å². The summed E-state index contributed by atoms with van der Waals surface area (Å²) < 4.78 is 5.32. The molecule has 0 aliphatic carbocycles. The van der Waals surface area contributed by atoms with Crippen molar-refractivity contribution < 1.29 is 9.53 Å². The molecule has 1 amide bonds. The average molecular weight is 389 g/mol. The predicted molar refractivity (Wildman–Crippen MR) is 107 cm³/mol. The van der Waals surface area contributed by atoms with Crippen LogP contribution in [0.2, 0.25) is 5.02 Å². The van der Waals surface area contributed by atoms with Crippen LogP contribution in [-0.4, -0.2) is 61.7 Å². The summed E-state index contributed by atoms with van der Waals surface area (Å²) in [6.07, 6.45) is 2.50. The molecule has 3 rings (SSSR count). The molecule has 2 aromatic rings. The van der Waals surface area contributed by atoms with Gasteiger partial charge in [0.2, 0.25) is 0 Å². The van der Waals surface area contributed by atoms with E-state index >= 15 is 0 Å². The zero-order valence-corrected chi connectivity index (χ0v) is 16.0. The van der Waals surface area contributed by atoms with Crippen LogP contribution in [0, 0.1) is 0 Å². The van der Waals surface area contributed by atoms with Crippen LogP contribution in [-0.2, 0) is 11.2 Å². The Labute approximate surface area is 164 Å². The lowest BCUT2D eigenvalue weighted by atomic mass is 10.1. The molecule has 27 heavy (non-hydrogen) atoms. The topological polar surface area (TPSA) is 66.5 Å². The van der Waals surface area contributed by atoms with E-state index in [0.29, 0.717) is 12.2 Å². The van der Waals surface area contributed by atoms with Gasteiger partial charge in [-0.25, -0.2) is 0 Å². The number of aromatic nitrogens is 1. The van der Waals surface area contributed by atoms with Crippen molar-refractivity contribution in [2.75, 3.05) is 51.3 Å². The fourth-order valence-corrected chi connectivity index (χ4v) is 3.16. The second kappa shape index (κ2) is 10.3. The Morgan fingerprint density at radius 3 is 2.85 bits per heavy atom. The Hall–Kier alpha value is -2.15. The highest BCUT2D eigenvalue weighted by atomic mass is 35.5. The maximum absolute atomic E-state index is 12.3. The first-order valence-corrected chi connectivity index (χ1v) is 9.61. The van der Waals surface area contributed by atoms with Gasteiger partial charge in [-0.2, -0.15) is 0 Å². The normalized spacial score (nSPS) is 14.7. The maximum atomic E-state index is 12.3. The Bertz CT molecular complexity index is 750. The number of benzene rings is 1. The zero-order valence-electron chi connectivity index (χ0n) is 15.3. The molecule has 0 bridgehead atoms. The van der Waals surface area contributed by atoms with Crippen molar-refractivity contribution in [1.29, 1.82) is 0 Å². The molecule has 1 saturated heterocycles. The first-order chi connectivity index (χ1) is 13.2. The maximum Gasteiger partial charge on any atom is 0.269 e. The number of nitrogens with one attached hydrogen (secondary N) is 2. The van der Waals surface area contributed by atoms with Gasteiger partial charge in [0, 0.05) is 49.6 Å². The van der Waals surface area contributed by atoms with Crippen LogP contribution in [0.25, 0.3) is 0 Å². The number of halogens is 1. The van der Waals surface area contributed by atoms with E-state index in [4.69, 9.17) is 16.3 Å². The fraction of sp³-hybridized carbons (Fsp3) is 0.400. The van der Waals surface area contributed by atoms with E-state index in [1.165, 1.54) is 5.56 Å². The van der Waals surface area contributed by atoms with E-state index in [2.05, 4.69) is 20.5 Å². The van der Waals surface area contributed by atoms with Gasteiger partial charge in [-0.15, -0.1) is 0 Å². The summed E-state index contributed by atoms with van der Waals surface area (Å²) in [5.74, 6) is -0.151. The van der Waals surface area contributed by atoms with Crippen LogP contribution >= 0.6 is 11.6 Å². The van der Waals surface area contributed by atoms with Gasteiger partial charge >= 0.3 is 0 Å². The van der Waals surface area contributed by atoms with Gasteiger partial charge < -0.3 is 15.4 Å². The molecule has 0 saturated carbocycles. The van der Waals surface area contributed by atoms with E-state index in [-0.39, 0.29) is 5.91 Å². The van der Waals surface area contributed by atoms with Crippen molar-refractivity contribution in [3.05, 3.63) is 58.9 Å². The smallest absolute Gasteiger partial charge is 0.269 e. The number of hydrogen-bond acceptors (Lipinski definition) is 5. The summed E-state index contributed by atoms with van der Waals surface area (Å²) in [6.45, 7) is 5.54. The van der Waals surface area contributed by atoms with Crippen molar-refractivity contribution >= 4 is 23.2 Å². The Balaban J connectivity index is 1.43. The van der Waals surface area contributed by atoms with Crippen molar-refractivity contribution in [2.45, 2.75) is 6.42 Å². The van der Waals surface area contributed by atoms with Crippen LogP contribution in [0.1, 0.15) is 16.1 Å². The van der Waals surface area contributed by atoms with Crippen molar-refractivity contribution in [3.63, 3.8) is 0 Å². The third-order valence-corrected chi connectivity index (χ3v) is 4.68. The average Bonchev–Trinajstić information content (AvgIpc) is 2.69. The fourth-order valence-electron chi connectivity index (χ4n) is 2.95. The number of hydrogen-bond donors (Lipinski definition) is 2. The third kappa shape index (κ3) is 6.50. The molecule has 1 aromatic carbocycles. The Morgan fingerprint density at radius 1 is 1.19 bits per heavy atom. The van der Waals surface area contributed by atoms with E-state index in [1.807, 2.05) is 30.3 Å². The summed E-state index contributed by atoms with van der Waals surface area (Å²) >= 11 is 6.01. The van der Waals surface area contributed by atoms with Crippen LogP contribution in [0.15, 0.2) is 42.6 Å². The SMILES string of the molecule is O=C(NCCN1CCOCC1)c1cc(NCCc2cccc(Cl)c2)ccn1. The second-order valence-electron chi connectivity index (χ2n) is 6.45. The van der Waals surface area contributed by atoms with Gasteiger partial charge in [-0.3, -0.25) is 14.7 Å². The van der Waals surface area contributed by atoms with Gasteiger partial charge in [0.1, 0.15) is 5.69 Å². The summed E-state index contributed by atoms with van der Waals surface area (Å²) in [7, 11) is 0. The van der Waals surface area contributed by atoms with E-state index in [9.17, 15) is 4.79 Å². The summed E-state index contributed by atoms with van der Waals surface area (Å²) in [4.78, 5) is 18.8. The molecule has 1 aromatic heterocycles. The quantitative estimate of drug-likeness (QED) is 0.727. The van der Waals surface area contributed by atoms with Gasteiger partial charge in [0.05, 0.1) is 13.2 Å². The molecule has 1 aliphatic rings.